The van der Waals surface area contributed by atoms with Crippen LogP contribution < -0.4 is 4.74 Å². The predicted octanol–water partition coefficient (Wildman–Crippen LogP) is 13.0. The van der Waals surface area contributed by atoms with Crippen molar-refractivity contribution in [3.63, 3.8) is 0 Å². The number of aromatic hydroxyl groups is 1. The van der Waals surface area contributed by atoms with Crippen molar-refractivity contribution in [3.05, 3.63) is 213 Å². The molecule has 6 heterocycles. The van der Waals surface area contributed by atoms with Gasteiger partial charge in [0.25, 0.3) is 0 Å². The molecule has 72 heavy (non-hydrogen) atoms. The van der Waals surface area contributed by atoms with Crippen molar-refractivity contribution in [1.82, 2.24) is 40.1 Å². The minimum atomic E-state index is 0.0309. The molecule has 2 aliphatic rings. The number of nitrogens with one attached hydrogen (secondary N) is 4. The van der Waals surface area contributed by atoms with Crippen LogP contribution in [0.3, 0.4) is 0 Å². The zero-order chi connectivity index (χ0) is 49.7. The number of aliphatic hydroxyl groups is 2. The number of ether oxygens (including phenoxy) is 1. The molecule has 0 amide bonds. The number of rotatable bonds is 9. The third kappa shape index (κ3) is 9.87. The first-order chi connectivity index (χ1) is 35.1. The van der Waals surface area contributed by atoms with Gasteiger partial charge in [-0.3, -0.25) is 15.1 Å². The van der Waals surface area contributed by atoms with Crippen molar-refractivity contribution >= 4 is 68.4 Å². The zero-order valence-corrected chi connectivity index (χ0v) is 40.3. The monoisotopic (exact) mass is 1010 g/mol. The van der Waals surface area contributed by atoms with Gasteiger partial charge in [0, 0.05) is 49.0 Å². The molecule has 0 unspecified atom stereocenters. The van der Waals surface area contributed by atoms with Crippen molar-refractivity contribution < 1.29 is 20.1 Å². The first kappa shape index (κ1) is 47.0. The van der Waals surface area contributed by atoms with Crippen LogP contribution in [0.2, 0.25) is 15.1 Å². The third-order valence-electron chi connectivity index (χ3n) is 11.7. The van der Waals surface area contributed by atoms with Crippen LogP contribution in [0.15, 0.2) is 186 Å². The third-order valence-corrected chi connectivity index (χ3v) is 12.6. The molecule has 14 nitrogen and oxygen atoms in total. The molecular formula is C55H41Cl3N10O4. The van der Waals surface area contributed by atoms with Crippen LogP contribution in [0.25, 0.3) is 67.5 Å². The lowest BCUT2D eigenvalue weighted by atomic mass is 10.1. The molecule has 0 aliphatic carbocycles. The van der Waals surface area contributed by atoms with Gasteiger partial charge in [-0.05, 0) is 53.6 Å². The smallest absolute Gasteiger partial charge is 0.172 e. The predicted molar refractivity (Wildman–Crippen MR) is 285 cm³/mol. The van der Waals surface area contributed by atoms with Crippen molar-refractivity contribution in [1.29, 1.82) is 0 Å². The highest BCUT2D eigenvalue weighted by Crippen LogP contribution is 2.37. The maximum Gasteiger partial charge on any atom is 0.172 e. The molecule has 0 spiro atoms. The van der Waals surface area contributed by atoms with E-state index < -0.39 is 0 Å². The van der Waals surface area contributed by atoms with Crippen LogP contribution in [0.1, 0.15) is 22.8 Å². The van der Waals surface area contributed by atoms with Crippen LogP contribution in [0.4, 0.5) is 0 Å². The van der Waals surface area contributed by atoms with E-state index in [4.69, 9.17) is 39.5 Å². The van der Waals surface area contributed by atoms with Crippen molar-refractivity contribution in [3.8, 4) is 56.8 Å². The fourth-order valence-electron chi connectivity index (χ4n) is 8.06. The molecule has 10 aromatic rings. The lowest BCUT2D eigenvalue weighted by Gasteiger charge is -2.03. The fourth-order valence-corrected chi connectivity index (χ4v) is 8.61. The van der Waals surface area contributed by atoms with Crippen LogP contribution in [0.5, 0.6) is 11.5 Å². The summed E-state index contributed by atoms with van der Waals surface area (Å²) in [7, 11) is 1.61. The molecular weight excluding hydrogens is 971 g/mol. The number of aliphatic hydroxyl groups excluding tert-OH is 2. The fraction of sp³-hybridized carbons (Fsp3) is 0.0545. The summed E-state index contributed by atoms with van der Waals surface area (Å²) in [6, 6.07) is 47.2. The number of H-pyrrole nitrogens is 4. The number of hydrogen-bond donors (Lipinski definition) is 7. The molecule has 7 N–H and O–H groups in total. The van der Waals surface area contributed by atoms with Gasteiger partial charge in [0.2, 0.25) is 0 Å². The van der Waals surface area contributed by atoms with E-state index in [2.05, 4.69) is 50.1 Å². The molecule has 4 aromatic heterocycles. The number of methoxy groups -OCH3 is 1. The average molecular weight is 1010 g/mol. The van der Waals surface area contributed by atoms with Crippen molar-refractivity contribution in [2.45, 2.75) is 0 Å². The van der Waals surface area contributed by atoms with Gasteiger partial charge >= 0.3 is 0 Å². The zero-order valence-electron chi connectivity index (χ0n) is 38.1. The Kier molecular flexibility index (Phi) is 13.5. The Bertz CT molecular complexity index is 3710. The van der Waals surface area contributed by atoms with Crippen LogP contribution in [-0.4, -0.2) is 87.0 Å². The van der Waals surface area contributed by atoms with Gasteiger partial charge in [-0.15, -0.1) is 0 Å². The molecule has 0 saturated heterocycles. The molecule has 0 bridgehead atoms. The molecule has 6 aromatic carbocycles. The second-order valence-electron chi connectivity index (χ2n) is 16.3. The summed E-state index contributed by atoms with van der Waals surface area (Å²) >= 11 is 18.2. The van der Waals surface area contributed by atoms with E-state index in [9.17, 15) is 15.3 Å². The molecule has 17 heteroatoms. The number of benzene rings is 6. The Balaban J connectivity index is 0.000000124. The SMILES string of the molecule is COc1ccc2nc(-c3[nH]nc(-c4ccc(Cl)cc4)c3O)[nH]c2c1.OC1=C(c2ccccc2)CN=C1c1ncc(-c2cccc(Cl)c2)[nH]1.OC1=C(c2ccccc2)CN=C1c1ncc(-c2ccccc2Cl)[nH]1. The van der Waals surface area contributed by atoms with E-state index in [0.29, 0.717) is 68.4 Å². The van der Waals surface area contributed by atoms with Crippen LogP contribution >= 0.6 is 34.8 Å². The normalized spacial score (nSPS) is 13.1. The van der Waals surface area contributed by atoms with Gasteiger partial charge in [-0.1, -0.05) is 138 Å². The van der Waals surface area contributed by atoms with E-state index >= 15 is 0 Å². The molecule has 12 rings (SSSR count). The second-order valence-corrected chi connectivity index (χ2v) is 17.5. The van der Waals surface area contributed by atoms with E-state index in [1.54, 1.807) is 43.8 Å². The molecule has 356 valence electrons. The van der Waals surface area contributed by atoms with Crippen molar-refractivity contribution in [2.75, 3.05) is 20.2 Å². The number of aromatic amines is 4. The lowest BCUT2D eigenvalue weighted by molar-refractivity contribution is 0.415. The highest BCUT2D eigenvalue weighted by Gasteiger charge is 2.26. The van der Waals surface area contributed by atoms with E-state index in [1.165, 1.54) is 0 Å². The lowest BCUT2D eigenvalue weighted by Crippen LogP contribution is -2.04. The first-order valence-electron chi connectivity index (χ1n) is 22.4. The largest absolute Gasteiger partial charge is 0.505 e. The van der Waals surface area contributed by atoms with Crippen LogP contribution in [0, 0.1) is 0 Å². The quantitative estimate of drug-likeness (QED) is 0.0738. The Morgan fingerprint density at radius 3 is 1.76 bits per heavy atom. The number of aliphatic imine (C=N–C) groups is 2. The first-order valence-corrected chi connectivity index (χ1v) is 23.5. The van der Waals surface area contributed by atoms with Gasteiger partial charge in [0.05, 0.1) is 55.0 Å². The van der Waals surface area contributed by atoms with Crippen molar-refractivity contribution in [2.24, 2.45) is 9.98 Å². The minimum absolute atomic E-state index is 0.0309. The Morgan fingerprint density at radius 1 is 0.542 bits per heavy atom. The number of aromatic nitrogens is 8. The van der Waals surface area contributed by atoms with Gasteiger partial charge < -0.3 is 35.0 Å². The average Bonchev–Trinajstić information content (AvgIpc) is 4.29. The maximum atomic E-state index is 10.6. The summed E-state index contributed by atoms with van der Waals surface area (Å²) in [6.07, 6.45) is 3.42. The summed E-state index contributed by atoms with van der Waals surface area (Å²) in [5.74, 6) is 2.69. The molecule has 0 saturated carbocycles. The van der Waals surface area contributed by atoms with Gasteiger partial charge in [-0.2, -0.15) is 5.10 Å². The molecule has 0 fully saturated rings. The number of halogens is 3. The van der Waals surface area contributed by atoms with Crippen LogP contribution in [-0.2, 0) is 0 Å². The summed E-state index contributed by atoms with van der Waals surface area (Å²) in [5.41, 5.74) is 11.2. The minimum Gasteiger partial charge on any atom is -0.505 e. The van der Waals surface area contributed by atoms with E-state index in [1.807, 2.05) is 127 Å². The number of nitrogens with zero attached hydrogens (tertiary/aromatic N) is 6. The Labute approximate surface area is 426 Å². The summed E-state index contributed by atoms with van der Waals surface area (Å²) in [6.45, 7) is 0.881. The topological polar surface area (TPSA) is 209 Å². The summed E-state index contributed by atoms with van der Waals surface area (Å²) in [5, 5.41) is 40.6. The summed E-state index contributed by atoms with van der Waals surface area (Å²) in [4.78, 5) is 31.6. The van der Waals surface area contributed by atoms with Gasteiger partial charge in [0.15, 0.2) is 23.2 Å². The highest BCUT2D eigenvalue weighted by atomic mass is 35.5. The van der Waals surface area contributed by atoms with E-state index in [-0.39, 0.29) is 17.3 Å². The maximum absolute atomic E-state index is 10.6. The number of hydrogen-bond acceptors (Lipinski definition) is 10. The number of fused-ring (bicyclic) bond motifs is 1. The second kappa shape index (κ2) is 20.7. The Hall–Kier alpha value is -8.69. The molecule has 0 radical (unpaired) electrons. The number of imidazole rings is 3. The van der Waals surface area contributed by atoms with E-state index in [0.717, 1.165) is 67.1 Å². The Morgan fingerprint density at radius 2 is 1.14 bits per heavy atom. The van der Waals surface area contributed by atoms with Gasteiger partial charge in [-0.25, -0.2) is 15.0 Å². The van der Waals surface area contributed by atoms with Gasteiger partial charge in [0.1, 0.15) is 40.1 Å². The summed E-state index contributed by atoms with van der Waals surface area (Å²) < 4.78 is 5.20. The molecule has 0 atom stereocenters. The standard InChI is InChI=1S/2C19H14ClN3O.C17H13ClN4O2/c20-15-9-5-4-8-13(15)16-11-22-19(23-16)17-18(24)14(10-21-17)12-6-2-1-3-7-12;20-14-8-4-7-13(9-14)16-11-22-19(23-16)17-18(24)15(10-21-17)12-5-2-1-3-6-12;1-24-11-6-7-12-13(8-11)20-17(19-12)15-16(23)14(21-22-15)9-2-4-10(18)5-3-9/h2*1-9,11,24H,10H2,(H,22,23);2-8,23H,1H3,(H,19,20)(H,21,22). The number of allylic oxidation sites excluding steroid dienone is 2. The highest BCUT2D eigenvalue weighted by molar-refractivity contribution is 6.33. The molecule has 2 aliphatic heterocycles.